The summed E-state index contributed by atoms with van der Waals surface area (Å²) in [6, 6.07) is 73.6. The van der Waals surface area contributed by atoms with Gasteiger partial charge in [0.25, 0.3) is 0 Å². The van der Waals surface area contributed by atoms with Crippen LogP contribution < -0.4 is 0 Å². The molecule has 0 spiro atoms. The number of benzene rings is 10. The van der Waals surface area contributed by atoms with Gasteiger partial charge in [-0.15, -0.1) is 0 Å². The first-order valence-corrected chi connectivity index (χ1v) is 20.0. The SMILES string of the molecule is c1ccc(-c2nc(-c3ccc(-c4ccc5cc(-c6c7ccccc7cc7c6ccc6ccccc67)ccc5c4)cc3)cc(-c3ccc4oc5ccccc5c4c3)n2)cc1. The predicted molar refractivity (Wildman–Crippen MR) is 247 cm³/mol. The highest BCUT2D eigenvalue weighted by atomic mass is 16.3. The zero-order valence-corrected chi connectivity index (χ0v) is 31.9. The molecule has 0 unspecified atom stereocenters. The smallest absolute Gasteiger partial charge is 0.160 e. The number of fused-ring (bicyclic) bond motifs is 8. The van der Waals surface area contributed by atoms with Crippen molar-refractivity contribution in [3.63, 3.8) is 0 Å². The molecule has 59 heavy (non-hydrogen) atoms. The Morgan fingerprint density at radius 2 is 0.864 bits per heavy atom. The molecule has 274 valence electrons. The summed E-state index contributed by atoms with van der Waals surface area (Å²) in [5.41, 5.74) is 11.3. The molecule has 0 bridgehead atoms. The summed E-state index contributed by atoms with van der Waals surface area (Å²) in [6.45, 7) is 0. The molecule has 0 saturated heterocycles. The van der Waals surface area contributed by atoms with E-state index in [0.717, 1.165) is 55.6 Å². The zero-order valence-electron chi connectivity index (χ0n) is 31.9. The van der Waals surface area contributed by atoms with Crippen LogP contribution in [0.2, 0.25) is 0 Å². The third kappa shape index (κ3) is 5.67. The Kier molecular flexibility index (Phi) is 7.54. The normalized spacial score (nSPS) is 11.7. The molecule has 10 aromatic carbocycles. The molecule has 12 rings (SSSR count). The summed E-state index contributed by atoms with van der Waals surface area (Å²) in [6.07, 6.45) is 0. The monoisotopic (exact) mass is 750 g/mol. The molecule has 2 aromatic heterocycles. The number of nitrogens with zero attached hydrogens (tertiary/aromatic N) is 2. The molecular weight excluding hydrogens is 717 g/mol. The maximum atomic E-state index is 6.13. The quantitative estimate of drug-likeness (QED) is 0.130. The molecule has 12 aromatic rings. The van der Waals surface area contributed by atoms with Crippen LogP contribution in [0.3, 0.4) is 0 Å². The molecule has 0 aliphatic heterocycles. The van der Waals surface area contributed by atoms with Gasteiger partial charge in [-0.05, 0) is 114 Å². The average molecular weight is 751 g/mol. The lowest BCUT2D eigenvalue weighted by Gasteiger charge is -2.15. The van der Waals surface area contributed by atoms with Crippen LogP contribution in [0.5, 0.6) is 0 Å². The summed E-state index contributed by atoms with van der Waals surface area (Å²) in [5.74, 6) is 0.693. The van der Waals surface area contributed by atoms with Crippen molar-refractivity contribution in [2.24, 2.45) is 0 Å². The van der Waals surface area contributed by atoms with Gasteiger partial charge in [-0.3, -0.25) is 0 Å². The summed E-state index contributed by atoms with van der Waals surface area (Å²) >= 11 is 0. The van der Waals surface area contributed by atoms with E-state index in [-0.39, 0.29) is 0 Å². The molecule has 3 heteroatoms. The second-order valence-corrected chi connectivity index (χ2v) is 15.3. The molecule has 0 aliphatic rings. The lowest BCUT2D eigenvalue weighted by molar-refractivity contribution is 0.669. The molecule has 0 saturated carbocycles. The van der Waals surface area contributed by atoms with Crippen LogP contribution in [-0.2, 0) is 0 Å². The first-order chi connectivity index (χ1) is 29.2. The minimum atomic E-state index is 0.693. The molecule has 2 heterocycles. The predicted octanol–water partition coefficient (Wildman–Crippen LogP) is 15.3. The van der Waals surface area contributed by atoms with Crippen LogP contribution in [-0.4, -0.2) is 9.97 Å². The first kappa shape index (κ1) is 33.3. The van der Waals surface area contributed by atoms with Crippen LogP contribution in [0.4, 0.5) is 0 Å². The molecule has 0 fully saturated rings. The molecule has 0 radical (unpaired) electrons. The van der Waals surface area contributed by atoms with Crippen molar-refractivity contribution < 1.29 is 4.42 Å². The number of furan rings is 1. The van der Waals surface area contributed by atoms with Crippen LogP contribution in [0.15, 0.2) is 211 Å². The van der Waals surface area contributed by atoms with Crippen molar-refractivity contribution >= 4 is 65.0 Å². The van der Waals surface area contributed by atoms with Gasteiger partial charge < -0.3 is 4.42 Å². The third-order valence-corrected chi connectivity index (χ3v) is 11.8. The maximum absolute atomic E-state index is 6.13. The zero-order chi connectivity index (χ0) is 38.9. The highest BCUT2D eigenvalue weighted by molar-refractivity contribution is 6.20. The topological polar surface area (TPSA) is 38.9 Å². The Labute approximate surface area is 340 Å². The molecule has 3 nitrogen and oxygen atoms in total. The molecule has 0 aliphatic carbocycles. The second kappa shape index (κ2) is 13.4. The fourth-order valence-electron chi connectivity index (χ4n) is 8.89. The van der Waals surface area contributed by atoms with Crippen molar-refractivity contribution in [2.75, 3.05) is 0 Å². The van der Waals surface area contributed by atoms with Crippen molar-refractivity contribution in [2.45, 2.75) is 0 Å². The number of hydrogen-bond acceptors (Lipinski definition) is 3. The van der Waals surface area contributed by atoms with Crippen LogP contribution >= 0.6 is 0 Å². The maximum Gasteiger partial charge on any atom is 0.160 e. The van der Waals surface area contributed by atoms with Crippen molar-refractivity contribution in [1.82, 2.24) is 9.97 Å². The Morgan fingerprint density at radius 1 is 0.271 bits per heavy atom. The minimum Gasteiger partial charge on any atom is -0.456 e. The van der Waals surface area contributed by atoms with Crippen LogP contribution in [0.25, 0.3) is 121 Å². The van der Waals surface area contributed by atoms with Crippen LogP contribution in [0.1, 0.15) is 0 Å². The Hall–Kier alpha value is -7.88. The van der Waals surface area contributed by atoms with Gasteiger partial charge in [0, 0.05) is 27.5 Å². The van der Waals surface area contributed by atoms with E-state index in [1.807, 2.05) is 42.5 Å². The van der Waals surface area contributed by atoms with E-state index in [9.17, 15) is 0 Å². The molecular formula is C56H34N2O. The summed E-state index contributed by atoms with van der Waals surface area (Å²) in [5, 5.41) is 12.2. The van der Waals surface area contributed by atoms with E-state index in [2.05, 4.69) is 164 Å². The number of aromatic nitrogens is 2. The van der Waals surface area contributed by atoms with Crippen molar-refractivity contribution in [3.8, 4) is 56.2 Å². The average Bonchev–Trinajstić information content (AvgIpc) is 3.69. The highest BCUT2D eigenvalue weighted by Crippen LogP contribution is 2.41. The summed E-state index contributed by atoms with van der Waals surface area (Å²) in [4.78, 5) is 10.2. The molecule has 0 amide bonds. The van der Waals surface area contributed by atoms with Gasteiger partial charge in [-0.1, -0.05) is 158 Å². The Bertz CT molecular complexity index is 3600. The van der Waals surface area contributed by atoms with E-state index in [1.54, 1.807) is 0 Å². The van der Waals surface area contributed by atoms with Gasteiger partial charge in [-0.25, -0.2) is 9.97 Å². The molecule has 0 atom stereocenters. The van der Waals surface area contributed by atoms with Gasteiger partial charge in [0.05, 0.1) is 11.4 Å². The second-order valence-electron chi connectivity index (χ2n) is 15.3. The molecule has 0 N–H and O–H groups in total. The standard InChI is InChI=1S/C56H34N2O/c1-2-11-38(12-3-1)56-57-51(34-52(58-56)43-27-29-54-50(33-43)47-16-8-9-17-53(47)59-54)37-20-18-35(19-21-37)39-22-23-41-31-44(25-24-40(41)30-39)55-46-15-7-5-13-42(46)32-49-45-14-6-4-10-36(45)26-28-48(49)55/h1-34H. The van der Waals surface area contributed by atoms with E-state index in [4.69, 9.17) is 14.4 Å². The Balaban J connectivity index is 0.912. The first-order valence-electron chi connectivity index (χ1n) is 20.0. The summed E-state index contributed by atoms with van der Waals surface area (Å²) < 4.78 is 6.13. The van der Waals surface area contributed by atoms with Gasteiger partial charge in [-0.2, -0.15) is 0 Å². The van der Waals surface area contributed by atoms with Gasteiger partial charge in [0.2, 0.25) is 0 Å². The van der Waals surface area contributed by atoms with Crippen molar-refractivity contribution in [3.05, 3.63) is 206 Å². The lowest BCUT2D eigenvalue weighted by atomic mass is 9.89. The number of rotatable bonds is 5. The van der Waals surface area contributed by atoms with E-state index < -0.39 is 0 Å². The van der Waals surface area contributed by atoms with Gasteiger partial charge >= 0.3 is 0 Å². The largest absolute Gasteiger partial charge is 0.456 e. The van der Waals surface area contributed by atoms with E-state index in [1.165, 1.54) is 59.8 Å². The fourth-order valence-corrected chi connectivity index (χ4v) is 8.89. The van der Waals surface area contributed by atoms with E-state index >= 15 is 0 Å². The fraction of sp³-hybridized carbons (Fsp3) is 0. The van der Waals surface area contributed by atoms with Gasteiger partial charge in [0.1, 0.15) is 11.2 Å². The van der Waals surface area contributed by atoms with Gasteiger partial charge in [0.15, 0.2) is 5.82 Å². The number of hydrogen-bond donors (Lipinski definition) is 0. The number of para-hydroxylation sites is 1. The Morgan fingerprint density at radius 3 is 1.69 bits per heavy atom. The summed E-state index contributed by atoms with van der Waals surface area (Å²) in [7, 11) is 0. The van der Waals surface area contributed by atoms with Crippen molar-refractivity contribution in [1.29, 1.82) is 0 Å². The lowest BCUT2D eigenvalue weighted by Crippen LogP contribution is -1.96. The van der Waals surface area contributed by atoms with E-state index in [0.29, 0.717) is 5.82 Å². The van der Waals surface area contributed by atoms with Crippen LogP contribution in [0, 0.1) is 0 Å². The third-order valence-electron chi connectivity index (χ3n) is 11.8. The highest BCUT2D eigenvalue weighted by Gasteiger charge is 2.15. The minimum absolute atomic E-state index is 0.693.